The maximum absolute atomic E-state index is 13.3. The van der Waals surface area contributed by atoms with Gasteiger partial charge in [0.1, 0.15) is 46.2 Å². The maximum atomic E-state index is 13.3. The second kappa shape index (κ2) is 46.2. The summed E-state index contributed by atoms with van der Waals surface area (Å²) in [7, 11) is 0. The van der Waals surface area contributed by atoms with Crippen molar-refractivity contribution in [2.24, 2.45) is 23.7 Å². The van der Waals surface area contributed by atoms with Gasteiger partial charge in [0.05, 0.1) is 49.5 Å². The Morgan fingerprint density at radius 1 is 0.430 bits per heavy atom. The van der Waals surface area contributed by atoms with Gasteiger partial charge in [-0.1, -0.05) is 93.2 Å². The number of carbonyl (C=O) groups excluding carboxylic acids is 7. The first-order valence-corrected chi connectivity index (χ1v) is 34.8. The molecule has 0 aromatic heterocycles. The van der Waals surface area contributed by atoms with Gasteiger partial charge < -0.3 is 47.9 Å². The Kier molecular flexibility index (Phi) is 39.5. The molecular formula is C75H116N2O16. The first kappa shape index (κ1) is 79.5. The van der Waals surface area contributed by atoms with Crippen LogP contribution >= 0.6 is 0 Å². The van der Waals surface area contributed by atoms with Crippen molar-refractivity contribution in [3.63, 3.8) is 0 Å². The number of hydrogen-bond donors (Lipinski definition) is 1. The van der Waals surface area contributed by atoms with E-state index in [1.807, 2.05) is 16.7 Å². The molecule has 6 atom stereocenters. The molecule has 0 fully saturated rings. The highest BCUT2D eigenvalue weighted by Crippen LogP contribution is 2.31. The van der Waals surface area contributed by atoms with Gasteiger partial charge >= 0.3 is 41.8 Å². The van der Waals surface area contributed by atoms with E-state index in [0.29, 0.717) is 45.1 Å². The minimum Gasteiger partial charge on any atom is -0.463 e. The molecule has 0 spiro atoms. The predicted molar refractivity (Wildman–Crippen MR) is 361 cm³/mol. The summed E-state index contributed by atoms with van der Waals surface area (Å²) in [5.41, 5.74) is 10.6. The van der Waals surface area contributed by atoms with Crippen LogP contribution in [0, 0.1) is 23.7 Å². The number of ether oxygens (including phenoxy) is 8. The van der Waals surface area contributed by atoms with Crippen LogP contribution in [0.5, 0.6) is 0 Å². The Hall–Kier alpha value is -5.95. The first-order chi connectivity index (χ1) is 44.6. The third-order valence-electron chi connectivity index (χ3n) is 17.5. The fourth-order valence-electron chi connectivity index (χ4n) is 11.8. The predicted octanol–water partition coefficient (Wildman–Crippen LogP) is 13.6. The lowest BCUT2D eigenvalue weighted by molar-refractivity contribution is -0.157. The summed E-state index contributed by atoms with van der Waals surface area (Å²) < 4.78 is 44.5. The lowest BCUT2D eigenvalue weighted by Gasteiger charge is -2.33. The van der Waals surface area contributed by atoms with E-state index in [-0.39, 0.29) is 158 Å². The van der Waals surface area contributed by atoms with Crippen LogP contribution in [-0.2, 0) is 71.5 Å². The highest BCUT2D eigenvalue weighted by Gasteiger charge is 2.28. The number of rotatable bonds is 44. The number of aliphatic hydroxyl groups excluding tert-OH is 1. The van der Waals surface area contributed by atoms with Crippen molar-refractivity contribution in [1.82, 2.24) is 9.80 Å². The van der Waals surface area contributed by atoms with Crippen LogP contribution in [0.25, 0.3) is 0 Å². The van der Waals surface area contributed by atoms with Crippen molar-refractivity contribution in [3.05, 3.63) is 93.2 Å². The van der Waals surface area contributed by atoms with Crippen molar-refractivity contribution in [2.75, 3.05) is 85.6 Å². The minimum absolute atomic E-state index is 0.0236. The van der Waals surface area contributed by atoms with E-state index in [2.05, 4.69) is 104 Å². The average molecular weight is 1300 g/mol. The molecule has 18 heteroatoms. The van der Waals surface area contributed by atoms with Crippen molar-refractivity contribution in [1.29, 1.82) is 0 Å². The van der Waals surface area contributed by atoms with E-state index in [1.165, 1.54) is 44.6 Å². The van der Waals surface area contributed by atoms with Crippen molar-refractivity contribution >= 4 is 41.8 Å². The van der Waals surface area contributed by atoms with Gasteiger partial charge in [0.2, 0.25) is 0 Å². The molecule has 0 aromatic rings. The summed E-state index contributed by atoms with van der Waals surface area (Å²) in [6.45, 7) is 19.1. The highest BCUT2D eigenvalue weighted by atomic mass is 16.6. The molecule has 522 valence electrons. The third kappa shape index (κ3) is 35.9. The fraction of sp³-hybridized carbons (Fsp3) is 0.693. The Bertz CT molecular complexity index is 2500. The fourth-order valence-corrected chi connectivity index (χ4v) is 11.8. The summed E-state index contributed by atoms with van der Waals surface area (Å²) >= 11 is 0. The Morgan fingerprint density at radius 3 is 1.01 bits per heavy atom. The van der Waals surface area contributed by atoms with Crippen molar-refractivity contribution in [2.45, 2.75) is 229 Å². The normalized spacial score (nSPS) is 18.6. The molecule has 0 saturated carbocycles. The summed E-state index contributed by atoms with van der Waals surface area (Å²) in [5.74, 6) is -3.71. The molecule has 0 aliphatic heterocycles. The lowest BCUT2D eigenvalue weighted by Crippen LogP contribution is -2.45. The number of nitrogens with zero attached hydrogens (tertiary/aromatic N) is 2. The molecule has 4 aliphatic carbocycles. The molecule has 0 radical (unpaired) electrons. The van der Waals surface area contributed by atoms with Crippen LogP contribution in [0.1, 0.15) is 216 Å². The molecule has 1 N–H and O–H groups in total. The zero-order chi connectivity index (χ0) is 67.8. The Balaban J connectivity index is 1.34. The first-order valence-electron chi connectivity index (χ1n) is 34.8. The van der Waals surface area contributed by atoms with Gasteiger partial charge in [-0.25, -0.2) is 0 Å². The number of hydrogen-bond acceptors (Lipinski definition) is 18. The highest BCUT2D eigenvalue weighted by molar-refractivity contribution is 5.75. The largest absolute Gasteiger partial charge is 0.463 e. The third-order valence-corrected chi connectivity index (χ3v) is 17.5. The average Bonchev–Trinajstić information content (AvgIpc) is 1.89. The second-order valence-electron chi connectivity index (χ2n) is 26.5. The van der Waals surface area contributed by atoms with Crippen LogP contribution in [0.15, 0.2) is 93.2 Å². The molecule has 0 saturated heterocycles. The second-order valence-corrected chi connectivity index (χ2v) is 26.5. The molecule has 18 nitrogen and oxygen atoms in total. The van der Waals surface area contributed by atoms with Gasteiger partial charge in [-0.2, -0.15) is 0 Å². The topological polar surface area (TPSA) is 220 Å². The zero-order valence-corrected chi connectivity index (χ0v) is 58.2. The number of aliphatic hydroxyl groups is 1. The van der Waals surface area contributed by atoms with Gasteiger partial charge in [0.15, 0.2) is 6.29 Å². The van der Waals surface area contributed by atoms with Gasteiger partial charge in [-0.05, 0) is 191 Å². The van der Waals surface area contributed by atoms with Gasteiger partial charge in [0, 0.05) is 45.2 Å². The van der Waals surface area contributed by atoms with Crippen LogP contribution in [0.3, 0.4) is 0 Å². The van der Waals surface area contributed by atoms with Crippen LogP contribution in [0.4, 0.5) is 0 Å². The number of esters is 7. The molecule has 0 heterocycles. The van der Waals surface area contributed by atoms with Gasteiger partial charge in [0.25, 0.3) is 0 Å². The van der Waals surface area contributed by atoms with E-state index < -0.39 is 24.2 Å². The molecule has 93 heavy (non-hydrogen) atoms. The van der Waals surface area contributed by atoms with Crippen LogP contribution in [-0.4, -0.2) is 155 Å². The Morgan fingerprint density at radius 2 is 0.720 bits per heavy atom. The standard InChI is InChI=1S/C75H116N2O16/c1-55(2)14-10-18-60-22-30-64(31-23-60)72(82)90-50-46-86-68(78)38-42-76(43-39-69(79)87-47-51-91-73(83)65-32-24-61(25-33-65)19-11-15-56(3)4)54-59(9)77(44-40-70(80)88-48-52-92-74(84)66-34-26-62(27-35-66)20-12-16-57(5)6)45-41-71(81)89-49-53-93-75(85)67-36-28-63(29-37-67)21-13-17-58(7)8/h14-17,22,24,26,28,59,64-68,78H,10-13,18-21,23,25,27,29-54H2,1-9H3. The van der Waals surface area contributed by atoms with Crippen LogP contribution in [0.2, 0.25) is 0 Å². The smallest absolute Gasteiger partial charge is 0.309 e. The molecule has 4 rings (SSSR count). The van der Waals surface area contributed by atoms with E-state index in [9.17, 15) is 38.7 Å². The van der Waals surface area contributed by atoms with E-state index in [1.54, 1.807) is 0 Å². The SMILES string of the molecule is CC(C)=CCCC1=CCC(C(=O)OCCOC(=O)CCN(CCC(O)OCCOC(=O)C2CC=C(CCC=C(C)C)CC2)CC(C)N(CCC(=O)OCCOC(=O)C2CC=C(CCC=C(C)C)CC2)CCC(=O)OCCOC(=O)C2CC=C(CCC=C(C)C)CC2)CC1. The summed E-state index contributed by atoms with van der Waals surface area (Å²) in [5, 5.41) is 11.1. The summed E-state index contributed by atoms with van der Waals surface area (Å²) in [6, 6.07) is -0.346. The number of allylic oxidation sites excluding steroid dienone is 16. The Labute approximate surface area is 557 Å². The van der Waals surface area contributed by atoms with E-state index in [4.69, 9.17) is 37.9 Å². The lowest BCUT2D eigenvalue weighted by atomic mass is 9.88. The molecule has 0 aromatic carbocycles. The maximum Gasteiger partial charge on any atom is 0.309 e. The minimum atomic E-state index is -1.23. The van der Waals surface area contributed by atoms with Gasteiger partial charge in [-0.15, -0.1) is 0 Å². The molecular weight excluding hydrogens is 1180 g/mol. The number of carbonyl (C=O) groups is 7. The summed E-state index contributed by atoms with van der Waals surface area (Å²) in [6.07, 6.45) is 32.8. The van der Waals surface area contributed by atoms with E-state index in [0.717, 1.165) is 89.9 Å². The van der Waals surface area contributed by atoms with Crippen LogP contribution < -0.4 is 0 Å². The monoisotopic (exact) mass is 1300 g/mol. The summed E-state index contributed by atoms with van der Waals surface area (Å²) in [4.78, 5) is 95.5. The molecule has 6 unspecified atom stereocenters. The van der Waals surface area contributed by atoms with Crippen molar-refractivity contribution in [3.8, 4) is 0 Å². The zero-order valence-electron chi connectivity index (χ0n) is 58.2. The van der Waals surface area contributed by atoms with E-state index >= 15 is 0 Å². The quantitative estimate of drug-likeness (QED) is 0.0197. The molecule has 0 amide bonds. The van der Waals surface area contributed by atoms with Gasteiger partial charge in [-0.3, -0.25) is 38.5 Å². The molecule has 0 bridgehead atoms. The molecule has 4 aliphatic rings. The van der Waals surface area contributed by atoms with Crippen molar-refractivity contribution < 1.29 is 76.6 Å².